The minimum atomic E-state index is -0.345. The second-order valence-electron chi connectivity index (χ2n) is 8.15. The van der Waals surface area contributed by atoms with Crippen molar-refractivity contribution in [3.05, 3.63) is 111 Å². The number of anilines is 1. The molecule has 0 aliphatic rings. The Hall–Kier alpha value is -3.74. The lowest BCUT2D eigenvalue weighted by Gasteiger charge is -2.11. The number of hydrogen-bond donors (Lipinski definition) is 1. The van der Waals surface area contributed by atoms with Crippen LogP contribution in [0.25, 0.3) is 6.08 Å². The van der Waals surface area contributed by atoms with E-state index >= 15 is 0 Å². The molecule has 4 rings (SSSR count). The van der Waals surface area contributed by atoms with Gasteiger partial charge in [0.1, 0.15) is 23.1 Å². The fourth-order valence-corrected chi connectivity index (χ4v) is 3.80. The fourth-order valence-electron chi connectivity index (χ4n) is 3.48. The zero-order chi connectivity index (χ0) is 25.5. The van der Waals surface area contributed by atoms with Gasteiger partial charge in [0.05, 0.1) is 13.7 Å². The molecule has 1 aromatic heterocycles. The number of ether oxygens (including phenoxy) is 2. The van der Waals surface area contributed by atoms with E-state index in [1.165, 1.54) is 11.6 Å². The standard InChI is InChI=1S/C28H25Cl2N3O3/c1-19-3-11-24(12-4-19)36-18-22-15-20(7-13-26(22)35-2)8-14-27(34)31-28-25(30)17-33(32-28)16-21-5-9-23(29)10-6-21/h3-15,17H,16,18H2,1-2H3,(H,31,32,34)/b14-8+. The van der Waals surface area contributed by atoms with Crippen LogP contribution in [0.1, 0.15) is 22.3 Å². The second kappa shape index (κ2) is 11.8. The Balaban J connectivity index is 1.39. The molecule has 1 heterocycles. The highest BCUT2D eigenvalue weighted by Crippen LogP contribution is 2.24. The Morgan fingerprint density at radius 2 is 1.81 bits per heavy atom. The number of nitrogens with one attached hydrogen (secondary N) is 1. The van der Waals surface area contributed by atoms with Gasteiger partial charge in [0.15, 0.2) is 5.82 Å². The van der Waals surface area contributed by atoms with E-state index in [2.05, 4.69) is 10.4 Å². The fraction of sp³-hybridized carbons (Fsp3) is 0.143. The minimum Gasteiger partial charge on any atom is -0.496 e. The number of hydrogen-bond acceptors (Lipinski definition) is 4. The average molecular weight is 522 g/mol. The lowest BCUT2D eigenvalue weighted by atomic mass is 10.1. The maximum Gasteiger partial charge on any atom is 0.249 e. The van der Waals surface area contributed by atoms with Gasteiger partial charge < -0.3 is 14.8 Å². The summed E-state index contributed by atoms with van der Waals surface area (Å²) >= 11 is 12.2. The summed E-state index contributed by atoms with van der Waals surface area (Å²) in [7, 11) is 1.61. The lowest BCUT2D eigenvalue weighted by molar-refractivity contribution is -0.111. The molecule has 0 spiro atoms. The third-order valence-electron chi connectivity index (χ3n) is 5.36. The first-order chi connectivity index (χ1) is 17.4. The molecule has 0 atom stereocenters. The van der Waals surface area contributed by atoms with E-state index in [0.717, 1.165) is 22.4 Å². The number of aromatic nitrogens is 2. The number of halogens is 2. The van der Waals surface area contributed by atoms with E-state index in [1.54, 1.807) is 24.1 Å². The number of aryl methyl sites for hydroxylation is 1. The summed E-state index contributed by atoms with van der Waals surface area (Å²) in [5.74, 6) is 1.43. The smallest absolute Gasteiger partial charge is 0.249 e. The van der Waals surface area contributed by atoms with Crippen LogP contribution in [0.5, 0.6) is 11.5 Å². The lowest BCUT2D eigenvalue weighted by Crippen LogP contribution is -2.09. The van der Waals surface area contributed by atoms with Crippen molar-refractivity contribution in [2.45, 2.75) is 20.1 Å². The van der Waals surface area contributed by atoms with Crippen LogP contribution in [0, 0.1) is 6.92 Å². The molecule has 0 bridgehead atoms. The van der Waals surface area contributed by atoms with Crippen LogP contribution in [0.3, 0.4) is 0 Å². The van der Waals surface area contributed by atoms with Gasteiger partial charge >= 0.3 is 0 Å². The molecule has 0 fully saturated rings. The number of carbonyl (C=O) groups is 1. The van der Waals surface area contributed by atoms with Gasteiger partial charge in [0.25, 0.3) is 0 Å². The molecule has 4 aromatic rings. The van der Waals surface area contributed by atoms with E-state index in [-0.39, 0.29) is 5.91 Å². The minimum absolute atomic E-state index is 0.294. The Kier molecular flexibility index (Phi) is 8.31. The van der Waals surface area contributed by atoms with Crippen molar-refractivity contribution >= 4 is 41.0 Å². The Bertz CT molecular complexity index is 1360. The van der Waals surface area contributed by atoms with Gasteiger partial charge in [-0.2, -0.15) is 5.10 Å². The molecule has 6 nitrogen and oxygen atoms in total. The van der Waals surface area contributed by atoms with Gasteiger partial charge in [-0.3, -0.25) is 9.48 Å². The summed E-state index contributed by atoms with van der Waals surface area (Å²) in [6.45, 7) is 2.86. The molecular weight excluding hydrogens is 497 g/mol. The first-order valence-corrected chi connectivity index (χ1v) is 12.0. The van der Waals surface area contributed by atoms with Crippen LogP contribution >= 0.6 is 23.2 Å². The molecule has 1 N–H and O–H groups in total. The molecule has 0 saturated carbocycles. The number of rotatable bonds is 9. The molecular formula is C28H25Cl2N3O3. The van der Waals surface area contributed by atoms with Crippen molar-refractivity contribution in [1.29, 1.82) is 0 Å². The van der Waals surface area contributed by atoms with Crippen molar-refractivity contribution in [2.75, 3.05) is 12.4 Å². The van der Waals surface area contributed by atoms with E-state index in [0.29, 0.717) is 34.8 Å². The quantitative estimate of drug-likeness (QED) is 0.246. The number of amides is 1. The number of carbonyl (C=O) groups excluding carboxylic acids is 1. The van der Waals surface area contributed by atoms with Crippen LogP contribution in [-0.2, 0) is 17.9 Å². The Morgan fingerprint density at radius 1 is 1.06 bits per heavy atom. The van der Waals surface area contributed by atoms with Crippen LogP contribution in [0.2, 0.25) is 10.0 Å². The molecule has 0 aliphatic carbocycles. The summed E-state index contributed by atoms with van der Waals surface area (Å²) in [5.41, 5.74) is 3.87. The number of nitrogens with zero attached hydrogens (tertiary/aromatic N) is 2. The summed E-state index contributed by atoms with van der Waals surface area (Å²) in [6.07, 6.45) is 4.81. The van der Waals surface area contributed by atoms with E-state index in [9.17, 15) is 4.79 Å². The summed E-state index contributed by atoms with van der Waals surface area (Å²) in [4.78, 5) is 12.5. The highest BCUT2D eigenvalue weighted by Gasteiger charge is 2.10. The van der Waals surface area contributed by atoms with Gasteiger partial charge in [0.2, 0.25) is 5.91 Å². The van der Waals surface area contributed by atoms with Crippen molar-refractivity contribution in [1.82, 2.24) is 9.78 Å². The highest BCUT2D eigenvalue weighted by molar-refractivity contribution is 6.33. The summed E-state index contributed by atoms with van der Waals surface area (Å²) in [5, 5.41) is 8.11. The SMILES string of the molecule is COc1ccc(/C=C/C(=O)Nc2nn(Cc3ccc(Cl)cc3)cc2Cl)cc1COc1ccc(C)cc1. The summed E-state index contributed by atoms with van der Waals surface area (Å²) < 4.78 is 13.0. The third-order valence-corrected chi connectivity index (χ3v) is 5.89. The van der Waals surface area contributed by atoms with Crippen LogP contribution < -0.4 is 14.8 Å². The van der Waals surface area contributed by atoms with Crippen molar-refractivity contribution in [3.63, 3.8) is 0 Å². The van der Waals surface area contributed by atoms with Crippen LogP contribution in [0.15, 0.2) is 79.0 Å². The van der Waals surface area contributed by atoms with Crippen LogP contribution in [0.4, 0.5) is 5.82 Å². The maximum atomic E-state index is 12.5. The van der Waals surface area contributed by atoms with Crippen molar-refractivity contribution in [3.8, 4) is 11.5 Å². The van der Waals surface area contributed by atoms with E-state index < -0.39 is 0 Å². The van der Waals surface area contributed by atoms with Gasteiger partial charge in [-0.05, 0) is 60.5 Å². The first kappa shape index (κ1) is 25.4. The molecule has 0 radical (unpaired) electrons. The molecule has 0 aliphatic heterocycles. The maximum absolute atomic E-state index is 12.5. The monoisotopic (exact) mass is 521 g/mol. The Labute approximate surface area is 220 Å². The third kappa shape index (κ3) is 6.90. The highest BCUT2D eigenvalue weighted by atomic mass is 35.5. The number of methoxy groups -OCH3 is 1. The Morgan fingerprint density at radius 3 is 2.53 bits per heavy atom. The zero-order valence-electron chi connectivity index (χ0n) is 19.9. The predicted octanol–water partition coefficient (Wildman–Crippen LogP) is 6.79. The second-order valence-corrected chi connectivity index (χ2v) is 8.99. The normalized spacial score (nSPS) is 11.0. The average Bonchev–Trinajstić information content (AvgIpc) is 3.21. The molecule has 36 heavy (non-hydrogen) atoms. The van der Waals surface area contributed by atoms with Gasteiger partial charge in [-0.25, -0.2) is 0 Å². The molecule has 3 aromatic carbocycles. The van der Waals surface area contributed by atoms with Crippen molar-refractivity contribution < 1.29 is 14.3 Å². The topological polar surface area (TPSA) is 65.4 Å². The molecule has 0 unspecified atom stereocenters. The van der Waals surface area contributed by atoms with Gasteiger partial charge in [0, 0.05) is 22.9 Å². The zero-order valence-corrected chi connectivity index (χ0v) is 21.4. The number of benzene rings is 3. The summed E-state index contributed by atoms with van der Waals surface area (Å²) in [6, 6.07) is 20.9. The van der Waals surface area contributed by atoms with Crippen LogP contribution in [-0.4, -0.2) is 22.8 Å². The first-order valence-electron chi connectivity index (χ1n) is 11.2. The predicted molar refractivity (Wildman–Crippen MR) is 144 cm³/mol. The van der Waals surface area contributed by atoms with E-state index in [4.69, 9.17) is 32.7 Å². The van der Waals surface area contributed by atoms with Gasteiger partial charge in [-0.15, -0.1) is 0 Å². The molecule has 184 valence electrons. The molecule has 0 saturated heterocycles. The van der Waals surface area contributed by atoms with Gasteiger partial charge in [-0.1, -0.05) is 59.1 Å². The van der Waals surface area contributed by atoms with Crippen molar-refractivity contribution in [2.24, 2.45) is 0 Å². The molecule has 8 heteroatoms. The largest absolute Gasteiger partial charge is 0.496 e. The molecule has 1 amide bonds. The van der Waals surface area contributed by atoms with E-state index in [1.807, 2.05) is 73.7 Å².